The number of aliphatic hydroxyl groups excluding tert-OH is 2. The van der Waals surface area contributed by atoms with E-state index in [0.29, 0.717) is 0 Å². The van der Waals surface area contributed by atoms with E-state index in [9.17, 15) is 20.4 Å². The van der Waals surface area contributed by atoms with Crippen LogP contribution in [0.25, 0.3) is 5.73 Å². The number of hydrogen-bond donors (Lipinski definition) is 5. The van der Waals surface area contributed by atoms with Gasteiger partial charge in [0, 0.05) is 0 Å². The average molecular weight is 236 g/mol. The third-order valence-electron chi connectivity index (χ3n) is 3.47. The van der Waals surface area contributed by atoms with Gasteiger partial charge in [0.05, 0.1) is 12.2 Å². The number of aliphatic hydroxyl groups is 5. The lowest BCUT2D eigenvalue weighted by Gasteiger charge is -2.49. The highest BCUT2D eigenvalue weighted by Gasteiger charge is 2.56. The molecule has 0 rings (SSSR count). The van der Waals surface area contributed by atoms with Crippen molar-refractivity contribution in [1.29, 1.82) is 0 Å². The van der Waals surface area contributed by atoms with Crippen molar-refractivity contribution in [3.8, 4) is 0 Å². The maximum absolute atomic E-state index is 10.1. The molecule has 0 aliphatic carbocycles. The average Bonchev–Trinajstić information content (AvgIpc) is 2.15. The van der Waals surface area contributed by atoms with Crippen LogP contribution in [0.2, 0.25) is 0 Å². The van der Waals surface area contributed by atoms with E-state index < -0.39 is 29.5 Å². The monoisotopic (exact) mass is 236 g/mol. The molecule has 16 heavy (non-hydrogen) atoms. The van der Waals surface area contributed by atoms with Crippen LogP contribution in [-0.4, -0.2) is 61.6 Å². The number of rotatable bonds is 6. The van der Waals surface area contributed by atoms with Gasteiger partial charge in [-0.15, -0.1) is 6.54 Å². The molecule has 0 saturated carbocycles. The first-order valence-corrected chi connectivity index (χ1v) is 5.15. The van der Waals surface area contributed by atoms with Crippen LogP contribution in [0, 0.1) is 0 Å². The van der Waals surface area contributed by atoms with Crippen molar-refractivity contribution in [2.24, 2.45) is 0 Å². The summed E-state index contributed by atoms with van der Waals surface area (Å²) in [5.74, 6) is 0. The van der Waals surface area contributed by atoms with E-state index in [2.05, 4.69) is 0 Å². The van der Waals surface area contributed by atoms with Crippen LogP contribution in [0.3, 0.4) is 0 Å². The first-order valence-electron chi connectivity index (χ1n) is 5.15. The van der Waals surface area contributed by atoms with E-state index in [-0.39, 0.29) is 13.0 Å². The Morgan fingerprint density at radius 1 is 1.12 bits per heavy atom. The van der Waals surface area contributed by atoms with Crippen LogP contribution in [0.4, 0.5) is 0 Å². The summed E-state index contributed by atoms with van der Waals surface area (Å²) in [6.07, 6.45) is -1.64. The molecular weight excluding hydrogens is 214 g/mol. The molecule has 0 aromatic heterocycles. The van der Waals surface area contributed by atoms with Gasteiger partial charge >= 0.3 is 0 Å². The summed E-state index contributed by atoms with van der Waals surface area (Å²) in [5.41, 5.74) is 1.15. The lowest BCUT2D eigenvalue weighted by Crippen LogP contribution is -2.68. The number of hydrogen-bond acceptors (Lipinski definition) is 5. The van der Waals surface area contributed by atoms with Crippen molar-refractivity contribution < 1.29 is 25.5 Å². The molecule has 0 aliphatic rings. The van der Waals surface area contributed by atoms with Gasteiger partial charge in [0.15, 0.2) is 0 Å². The minimum atomic E-state index is -2.08. The minimum absolute atomic E-state index is 0.0612. The summed E-state index contributed by atoms with van der Waals surface area (Å²) in [5, 5.41) is 48.4. The van der Waals surface area contributed by atoms with Crippen LogP contribution in [0.1, 0.15) is 27.2 Å². The fourth-order valence-electron chi connectivity index (χ4n) is 1.53. The summed E-state index contributed by atoms with van der Waals surface area (Å²) >= 11 is 0. The summed E-state index contributed by atoms with van der Waals surface area (Å²) in [4.78, 5) is 0. The summed E-state index contributed by atoms with van der Waals surface area (Å²) in [6.45, 7) is 2.71. The van der Waals surface area contributed by atoms with Gasteiger partial charge in [-0.2, -0.15) is 0 Å². The second-order valence-electron chi connectivity index (χ2n) is 4.69. The molecule has 6 nitrogen and oxygen atoms in total. The third kappa shape index (κ3) is 2.53. The maximum atomic E-state index is 10.1. The predicted octanol–water partition coefficient (Wildman–Crippen LogP) is -0.965. The van der Waals surface area contributed by atoms with E-state index in [4.69, 9.17) is 10.8 Å². The second kappa shape index (κ2) is 4.95. The van der Waals surface area contributed by atoms with Gasteiger partial charge in [-0.1, -0.05) is 0 Å². The maximum Gasteiger partial charge on any atom is 0.121 e. The molecule has 0 aromatic carbocycles. The van der Waals surface area contributed by atoms with E-state index in [1.54, 1.807) is 0 Å². The van der Waals surface area contributed by atoms with Gasteiger partial charge in [-0.3, -0.25) is 0 Å². The molecule has 0 amide bonds. The predicted molar refractivity (Wildman–Crippen MR) is 58.8 cm³/mol. The molecule has 0 heterocycles. The highest BCUT2D eigenvalue weighted by Crippen LogP contribution is 2.37. The van der Waals surface area contributed by atoms with E-state index in [0.717, 1.165) is 6.92 Å². The molecule has 0 bridgehead atoms. The fourth-order valence-corrected chi connectivity index (χ4v) is 1.53. The molecule has 4 atom stereocenters. The van der Waals surface area contributed by atoms with Crippen molar-refractivity contribution in [1.82, 2.24) is 0 Å². The highest BCUT2D eigenvalue weighted by molar-refractivity contribution is 5.08. The van der Waals surface area contributed by atoms with E-state index in [1.165, 1.54) is 13.8 Å². The molecule has 6 heteroatoms. The molecule has 98 valence electrons. The molecular formula is C10H22NO5-. The third-order valence-corrected chi connectivity index (χ3v) is 3.47. The molecule has 6 N–H and O–H groups in total. The van der Waals surface area contributed by atoms with Gasteiger partial charge in [0.2, 0.25) is 0 Å². The molecule has 0 fully saturated rings. The van der Waals surface area contributed by atoms with Crippen LogP contribution in [-0.2, 0) is 0 Å². The van der Waals surface area contributed by atoms with Crippen molar-refractivity contribution in [3.63, 3.8) is 0 Å². The molecule has 4 unspecified atom stereocenters. The van der Waals surface area contributed by atoms with Crippen LogP contribution in [0.15, 0.2) is 0 Å². The summed E-state index contributed by atoms with van der Waals surface area (Å²) in [7, 11) is 0. The summed E-state index contributed by atoms with van der Waals surface area (Å²) < 4.78 is 0. The van der Waals surface area contributed by atoms with E-state index >= 15 is 0 Å². The first-order chi connectivity index (χ1) is 7.04. The van der Waals surface area contributed by atoms with Gasteiger partial charge in [-0.25, -0.2) is 0 Å². The Balaban J connectivity index is 5.16. The highest BCUT2D eigenvalue weighted by atomic mass is 16.4. The zero-order chi connectivity index (χ0) is 13.2. The Morgan fingerprint density at radius 3 is 1.88 bits per heavy atom. The minimum Gasteiger partial charge on any atom is -0.677 e. The second-order valence-corrected chi connectivity index (χ2v) is 4.69. The standard InChI is InChI=1S/C10H22NO5/c1-8(14,4-5-11)10(3,16)9(2,15)7(13)6-12/h7,11-16H,4-6H2,1-3H3/q-1. The topological polar surface area (TPSA) is 125 Å². The number of nitrogens with one attached hydrogen (secondary N) is 1. The summed E-state index contributed by atoms with van der Waals surface area (Å²) in [6, 6.07) is 0. The first kappa shape index (κ1) is 15.8. The van der Waals surface area contributed by atoms with Crippen LogP contribution >= 0.6 is 0 Å². The van der Waals surface area contributed by atoms with Crippen molar-refractivity contribution in [2.45, 2.75) is 50.1 Å². The molecule has 0 aromatic rings. The van der Waals surface area contributed by atoms with E-state index in [1.807, 2.05) is 0 Å². The van der Waals surface area contributed by atoms with Crippen LogP contribution < -0.4 is 0 Å². The van der Waals surface area contributed by atoms with Crippen molar-refractivity contribution >= 4 is 0 Å². The smallest absolute Gasteiger partial charge is 0.121 e. The molecule has 0 radical (unpaired) electrons. The lowest BCUT2D eigenvalue weighted by atomic mass is 9.70. The zero-order valence-corrected chi connectivity index (χ0v) is 9.93. The Kier molecular flexibility index (Phi) is 4.88. The quantitative estimate of drug-likeness (QED) is 0.406. The Labute approximate surface area is 95.3 Å². The normalized spacial score (nSPS) is 25.3. The van der Waals surface area contributed by atoms with Crippen molar-refractivity contribution in [2.75, 3.05) is 13.2 Å². The van der Waals surface area contributed by atoms with Gasteiger partial charge in [0.1, 0.15) is 17.3 Å². The Bertz CT molecular complexity index is 227. The lowest BCUT2D eigenvalue weighted by molar-refractivity contribution is -0.258. The van der Waals surface area contributed by atoms with Gasteiger partial charge < -0.3 is 31.3 Å². The fraction of sp³-hybridized carbons (Fsp3) is 1.00. The molecule has 0 saturated heterocycles. The van der Waals surface area contributed by atoms with Gasteiger partial charge in [-0.05, 0) is 27.2 Å². The Morgan fingerprint density at radius 2 is 1.56 bits per heavy atom. The molecule has 0 aliphatic heterocycles. The largest absolute Gasteiger partial charge is 0.677 e. The SMILES string of the molecule is CC(O)(CC[NH-])C(C)(O)C(C)(O)C(O)CO. The Hall–Kier alpha value is -0.240. The van der Waals surface area contributed by atoms with Crippen molar-refractivity contribution in [3.05, 3.63) is 5.73 Å². The van der Waals surface area contributed by atoms with Crippen LogP contribution in [0.5, 0.6) is 0 Å². The van der Waals surface area contributed by atoms with Gasteiger partial charge in [0.25, 0.3) is 0 Å². The zero-order valence-electron chi connectivity index (χ0n) is 9.93. The molecule has 0 spiro atoms.